The van der Waals surface area contributed by atoms with Gasteiger partial charge in [0.15, 0.2) is 11.5 Å². The molecule has 1 fully saturated rings. The first-order valence-electron chi connectivity index (χ1n) is 10.0. The standard InChI is InChI=1S/C22H18Cl2N4O4/c23-13-7-8-16(15(24)9-13)28-20(12-5-6-12)14(10-25-28)21(29)26-27-22(30)19-11-31-17-3-1-2-4-18(17)32-19/h1-4,7-10,12,19H,5-6,11H2,(H,26,29)(H,27,30). The van der Waals surface area contributed by atoms with Crippen molar-refractivity contribution in [2.45, 2.75) is 24.9 Å². The Bertz CT molecular complexity index is 1210. The number of nitrogens with zero attached hydrogens (tertiary/aromatic N) is 2. The number of rotatable bonds is 4. The van der Waals surface area contributed by atoms with E-state index < -0.39 is 17.9 Å². The molecule has 164 valence electrons. The van der Waals surface area contributed by atoms with Crippen molar-refractivity contribution < 1.29 is 19.1 Å². The SMILES string of the molecule is O=C(NNC(=O)C1COc2ccccc2O1)c1cnn(-c2ccc(Cl)cc2Cl)c1C1CC1. The number of halogens is 2. The summed E-state index contributed by atoms with van der Waals surface area (Å²) in [5.74, 6) is 0.236. The van der Waals surface area contributed by atoms with Crippen LogP contribution >= 0.6 is 23.2 Å². The fourth-order valence-electron chi connectivity index (χ4n) is 3.54. The van der Waals surface area contributed by atoms with E-state index in [0.29, 0.717) is 32.8 Å². The number of carbonyl (C=O) groups is 2. The Kier molecular flexibility index (Phi) is 5.40. The second-order valence-corrected chi connectivity index (χ2v) is 8.38. The van der Waals surface area contributed by atoms with Gasteiger partial charge < -0.3 is 9.47 Å². The van der Waals surface area contributed by atoms with Crippen molar-refractivity contribution >= 4 is 35.0 Å². The first kappa shape index (κ1) is 20.7. The summed E-state index contributed by atoms with van der Waals surface area (Å²) >= 11 is 12.3. The molecule has 0 spiro atoms. The van der Waals surface area contributed by atoms with Crippen molar-refractivity contribution in [3.8, 4) is 17.2 Å². The second-order valence-electron chi connectivity index (χ2n) is 7.53. The summed E-state index contributed by atoms with van der Waals surface area (Å²) in [4.78, 5) is 25.4. The Balaban J connectivity index is 1.30. The summed E-state index contributed by atoms with van der Waals surface area (Å²) in [7, 11) is 0. The smallest absolute Gasteiger partial charge is 0.283 e. The summed E-state index contributed by atoms with van der Waals surface area (Å²) in [6.45, 7) is 0.0407. The van der Waals surface area contributed by atoms with Gasteiger partial charge in [-0.3, -0.25) is 20.4 Å². The van der Waals surface area contributed by atoms with Gasteiger partial charge in [0, 0.05) is 10.9 Å². The molecule has 8 nitrogen and oxygen atoms in total. The quantitative estimate of drug-likeness (QED) is 0.565. The molecule has 2 heterocycles. The molecular formula is C22H18Cl2N4O4. The number of fused-ring (bicyclic) bond motifs is 1. The maximum Gasteiger partial charge on any atom is 0.283 e. The molecular weight excluding hydrogens is 455 g/mol. The summed E-state index contributed by atoms with van der Waals surface area (Å²) in [6.07, 6.45) is 2.46. The van der Waals surface area contributed by atoms with E-state index >= 15 is 0 Å². The van der Waals surface area contributed by atoms with Crippen molar-refractivity contribution in [1.82, 2.24) is 20.6 Å². The number of aromatic nitrogens is 2. The van der Waals surface area contributed by atoms with Crippen LogP contribution in [-0.2, 0) is 4.79 Å². The van der Waals surface area contributed by atoms with Crippen LogP contribution in [0.2, 0.25) is 10.0 Å². The summed E-state index contributed by atoms with van der Waals surface area (Å²) < 4.78 is 12.9. The van der Waals surface area contributed by atoms with E-state index in [0.717, 1.165) is 18.5 Å². The number of benzene rings is 2. The molecule has 1 aliphatic heterocycles. The molecule has 2 N–H and O–H groups in total. The van der Waals surface area contributed by atoms with Crippen LogP contribution in [0, 0.1) is 0 Å². The molecule has 0 radical (unpaired) electrons. The van der Waals surface area contributed by atoms with Gasteiger partial charge >= 0.3 is 0 Å². The topological polar surface area (TPSA) is 94.5 Å². The van der Waals surface area contributed by atoms with Gasteiger partial charge in [-0.2, -0.15) is 5.10 Å². The summed E-state index contributed by atoms with van der Waals surface area (Å²) in [6, 6.07) is 12.2. The minimum atomic E-state index is -0.885. The van der Waals surface area contributed by atoms with Gasteiger partial charge in [0.2, 0.25) is 6.10 Å². The van der Waals surface area contributed by atoms with Gasteiger partial charge in [0.1, 0.15) is 6.61 Å². The zero-order valence-corrected chi connectivity index (χ0v) is 18.2. The monoisotopic (exact) mass is 472 g/mol. The highest BCUT2D eigenvalue weighted by Gasteiger charge is 2.34. The van der Waals surface area contributed by atoms with Crippen molar-refractivity contribution in [1.29, 1.82) is 0 Å². The number of carbonyl (C=O) groups excluding carboxylic acids is 2. The van der Waals surface area contributed by atoms with Crippen LogP contribution in [0.4, 0.5) is 0 Å². The molecule has 1 atom stereocenters. The maximum absolute atomic E-state index is 12.9. The molecule has 1 aromatic heterocycles. The normalized spacial score (nSPS) is 17.0. The third-order valence-corrected chi connectivity index (χ3v) is 5.79. The fourth-order valence-corrected chi connectivity index (χ4v) is 4.03. The van der Waals surface area contributed by atoms with Gasteiger partial charge in [0.05, 0.1) is 28.2 Å². The molecule has 1 saturated carbocycles. The van der Waals surface area contributed by atoms with Gasteiger partial charge in [-0.25, -0.2) is 4.68 Å². The molecule has 2 aromatic carbocycles. The number of hydrazine groups is 1. The number of para-hydroxylation sites is 2. The van der Waals surface area contributed by atoms with Crippen molar-refractivity contribution in [3.05, 3.63) is 70.0 Å². The average Bonchev–Trinajstić information content (AvgIpc) is 3.55. The number of ether oxygens (including phenoxy) is 2. The van der Waals surface area contributed by atoms with Crippen LogP contribution in [0.15, 0.2) is 48.7 Å². The van der Waals surface area contributed by atoms with E-state index in [1.165, 1.54) is 6.20 Å². The predicted molar refractivity (Wildman–Crippen MR) is 118 cm³/mol. The second kappa shape index (κ2) is 8.37. The molecule has 0 bridgehead atoms. The largest absolute Gasteiger partial charge is 0.485 e. The minimum absolute atomic E-state index is 0.0407. The maximum atomic E-state index is 12.9. The molecule has 5 rings (SSSR count). The van der Waals surface area contributed by atoms with Crippen molar-refractivity contribution in [2.75, 3.05) is 6.61 Å². The average molecular weight is 473 g/mol. The van der Waals surface area contributed by atoms with E-state index in [4.69, 9.17) is 32.7 Å². The highest BCUT2D eigenvalue weighted by Crippen LogP contribution is 2.43. The Morgan fingerprint density at radius 3 is 2.59 bits per heavy atom. The zero-order valence-electron chi connectivity index (χ0n) is 16.7. The molecule has 3 aromatic rings. The van der Waals surface area contributed by atoms with Crippen molar-refractivity contribution in [2.24, 2.45) is 0 Å². The first-order valence-corrected chi connectivity index (χ1v) is 10.8. The lowest BCUT2D eigenvalue weighted by molar-refractivity contribution is -0.131. The number of amides is 2. The van der Waals surface area contributed by atoms with Crippen LogP contribution in [0.25, 0.3) is 5.69 Å². The number of hydrogen-bond donors (Lipinski definition) is 2. The zero-order chi connectivity index (χ0) is 22.2. The molecule has 2 amide bonds. The third kappa shape index (κ3) is 3.99. The van der Waals surface area contributed by atoms with Gasteiger partial charge in [-0.05, 0) is 43.2 Å². The van der Waals surface area contributed by atoms with E-state index in [1.54, 1.807) is 41.1 Å². The lowest BCUT2D eigenvalue weighted by atomic mass is 10.1. The van der Waals surface area contributed by atoms with Gasteiger partial charge in [0.25, 0.3) is 11.8 Å². The predicted octanol–water partition coefficient (Wildman–Crippen LogP) is 3.66. The van der Waals surface area contributed by atoms with Crippen LogP contribution in [0.3, 0.4) is 0 Å². The first-order chi connectivity index (χ1) is 15.5. The van der Waals surface area contributed by atoms with Crippen LogP contribution in [0.1, 0.15) is 34.8 Å². The lowest BCUT2D eigenvalue weighted by Gasteiger charge is -2.25. The molecule has 2 aliphatic rings. The minimum Gasteiger partial charge on any atom is -0.485 e. The molecule has 32 heavy (non-hydrogen) atoms. The Hall–Kier alpha value is -3.23. The number of hydrogen-bond acceptors (Lipinski definition) is 5. The Morgan fingerprint density at radius 2 is 1.84 bits per heavy atom. The highest BCUT2D eigenvalue weighted by atomic mass is 35.5. The molecule has 1 aliphatic carbocycles. The highest BCUT2D eigenvalue weighted by molar-refractivity contribution is 6.35. The van der Waals surface area contributed by atoms with E-state index in [-0.39, 0.29) is 12.5 Å². The van der Waals surface area contributed by atoms with Gasteiger partial charge in [-0.15, -0.1) is 0 Å². The molecule has 0 saturated heterocycles. The van der Waals surface area contributed by atoms with Gasteiger partial charge in [-0.1, -0.05) is 35.3 Å². The van der Waals surface area contributed by atoms with Crippen LogP contribution in [0.5, 0.6) is 11.5 Å². The summed E-state index contributed by atoms with van der Waals surface area (Å²) in [5, 5.41) is 5.31. The van der Waals surface area contributed by atoms with Crippen LogP contribution < -0.4 is 20.3 Å². The Labute approximate surface area is 193 Å². The molecule has 10 heteroatoms. The Morgan fingerprint density at radius 1 is 1.06 bits per heavy atom. The van der Waals surface area contributed by atoms with E-state index in [1.807, 2.05) is 6.07 Å². The van der Waals surface area contributed by atoms with E-state index in [9.17, 15) is 9.59 Å². The number of nitrogens with one attached hydrogen (secondary N) is 2. The van der Waals surface area contributed by atoms with Crippen LogP contribution in [-0.4, -0.2) is 34.3 Å². The van der Waals surface area contributed by atoms with Crippen molar-refractivity contribution in [3.63, 3.8) is 0 Å². The van der Waals surface area contributed by atoms with E-state index in [2.05, 4.69) is 16.0 Å². The third-order valence-electron chi connectivity index (χ3n) is 5.25. The molecule has 1 unspecified atom stereocenters. The fraction of sp³-hybridized carbons (Fsp3) is 0.227. The lowest BCUT2D eigenvalue weighted by Crippen LogP contribution is -2.50. The summed E-state index contributed by atoms with van der Waals surface area (Å²) in [5.41, 5.74) is 6.60.